The number of hydrogen-bond donors (Lipinski definition) is 0. The van der Waals surface area contributed by atoms with E-state index in [1.165, 1.54) is 17.8 Å². The summed E-state index contributed by atoms with van der Waals surface area (Å²) in [5.41, 5.74) is 1.65. The minimum absolute atomic E-state index is 0.0344. The van der Waals surface area contributed by atoms with Crippen LogP contribution in [0.25, 0.3) is 0 Å². The number of thiazole rings is 1. The van der Waals surface area contributed by atoms with E-state index >= 15 is 0 Å². The second kappa shape index (κ2) is 7.53. The van der Waals surface area contributed by atoms with Gasteiger partial charge in [0.15, 0.2) is 5.01 Å². The number of carbonyl (C=O) groups is 2. The molecule has 2 aliphatic rings. The third kappa shape index (κ3) is 3.49. The van der Waals surface area contributed by atoms with Gasteiger partial charge in [0.05, 0.1) is 5.69 Å². The van der Waals surface area contributed by atoms with E-state index in [1.54, 1.807) is 24.5 Å². The molecule has 0 spiro atoms. The van der Waals surface area contributed by atoms with Crippen molar-refractivity contribution in [2.75, 3.05) is 26.2 Å². The molecule has 2 aromatic heterocycles. The highest BCUT2D eigenvalue weighted by atomic mass is 32.1. The molecule has 0 saturated carbocycles. The lowest BCUT2D eigenvalue weighted by molar-refractivity contribution is 0.0721. The van der Waals surface area contributed by atoms with E-state index in [2.05, 4.69) is 9.97 Å². The number of rotatable bonds is 2. The first-order chi connectivity index (χ1) is 12.7. The summed E-state index contributed by atoms with van der Waals surface area (Å²) in [5, 5.41) is 0.616. The van der Waals surface area contributed by atoms with Crippen LogP contribution in [0.1, 0.15) is 50.0 Å². The number of carbonyl (C=O) groups excluding carboxylic acids is 2. The van der Waals surface area contributed by atoms with Crippen LogP contribution in [0, 0.1) is 0 Å². The molecule has 0 atom stereocenters. The lowest BCUT2D eigenvalue weighted by Gasteiger charge is -2.25. The van der Waals surface area contributed by atoms with E-state index in [1.807, 2.05) is 9.80 Å². The van der Waals surface area contributed by atoms with Crippen molar-refractivity contribution in [3.8, 4) is 0 Å². The first-order valence-electron chi connectivity index (χ1n) is 9.19. The molecule has 2 amide bonds. The number of aromatic nitrogens is 2. The summed E-state index contributed by atoms with van der Waals surface area (Å²) in [4.78, 5) is 38.8. The summed E-state index contributed by atoms with van der Waals surface area (Å²) in [6.45, 7) is 2.98. The molecule has 0 aromatic carbocycles. The summed E-state index contributed by atoms with van der Waals surface area (Å²) >= 11 is 1.51. The molecule has 4 rings (SSSR count). The summed E-state index contributed by atoms with van der Waals surface area (Å²) in [6, 6.07) is 3.49. The van der Waals surface area contributed by atoms with E-state index < -0.39 is 0 Å². The summed E-state index contributed by atoms with van der Waals surface area (Å²) < 4.78 is 0. The van der Waals surface area contributed by atoms with Gasteiger partial charge in [0.2, 0.25) is 0 Å². The molecule has 2 aromatic rings. The molecule has 0 bridgehead atoms. The predicted octanol–water partition coefficient (Wildman–Crippen LogP) is 2.41. The number of amides is 2. The fourth-order valence-electron chi connectivity index (χ4n) is 3.57. The average molecular weight is 370 g/mol. The van der Waals surface area contributed by atoms with E-state index in [0.717, 1.165) is 42.9 Å². The monoisotopic (exact) mass is 370 g/mol. The lowest BCUT2D eigenvalue weighted by Crippen LogP contribution is -2.35. The van der Waals surface area contributed by atoms with E-state index in [-0.39, 0.29) is 11.8 Å². The summed E-state index contributed by atoms with van der Waals surface area (Å²) in [5.74, 6) is 0.111. The lowest BCUT2D eigenvalue weighted by atomic mass is 10.1. The Morgan fingerprint density at radius 1 is 0.885 bits per heavy atom. The smallest absolute Gasteiger partial charge is 0.282 e. The normalized spacial score (nSPS) is 17.5. The SMILES string of the molecule is O=C(c1ccncc1)N1CCc2nc(C(=O)N3CCCCC3)sc2CC1. The van der Waals surface area contributed by atoms with Gasteiger partial charge in [-0.2, -0.15) is 0 Å². The van der Waals surface area contributed by atoms with Crippen molar-refractivity contribution in [3.63, 3.8) is 0 Å². The van der Waals surface area contributed by atoms with Gasteiger partial charge >= 0.3 is 0 Å². The maximum absolute atomic E-state index is 12.7. The molecule has 0 radical (unpaired) electrons. The van der Waals surface area contributed by atoms with Crippen LogP contribution in [-0.2, 0) is 12.8 Å². The van der Waals surface area contributed by atoms with E-state index in [4.69, 9.17) is 0 Å². The first kappa shape index (κ1) is 17.1. The largest absolute Gasteiger partial charge is 0.338 e. The van der Waals surface area contributed by atoms with Crippen molar-refractivity contribution in [2.24, 2.45) is 0 Å². The Balaban J connectivity index is 1.44. The van der Waals surface area contributed by atoms with Crippen molar-refractivity contribution in [2.45, 2.75) is 32.1 Å². The van der Waals surface area contributed by atoms with Gasteiger partial charge in [-0.1, -0.05) is 0 Å². The maximum atomic E-state index is 12.7. The minimum Gasteiger partial charge on any atom is -0.338 e. The number of likely N-dealkylation sites (tertiary alicyclic amines) is 1. The molecule has 4 heterocycles. The third-order valence-electron chi connectivity index (χ3n) is 5.05. The highest BCUT2D eigenvalue weighted by Gasteiger charge is 2.26. The van der Waals surface area contributed by atoms with Gasteiger partial charge in [-0.25, -0.2) is 4.98 Å². The molecular formula is C19H22N4O2S. The van der Waals surface area contributed by atoms with Crippen LogP contribution in [0.5, 0.6) is 0 Å². The van der Waals surface area contributed by atoms with Crippen molar-refractivity contribution in [1.29, 1.82) is 0 Å². The topological polar surface area (TPSA) is 66.4 Å². The van der Waals surface area contributed by atoms with Gasteiger partial charge in [-0.3, -0.25) is 14.6 Å². The molecule has 7 heteroatoms. The Morgan fingerprint density at radius 2 is 1.58 bits per heavy atom. The van der Waals surface area contributed by atoms with Crippen LogP contribution in [0.4, 0.5) is 0 Å². The summed E-state index contributed by atoms with van der Waals surface area (Å²) in [6.07, 6.45) is 8.13. The maximum Gasteiger partial charge on any atom is 0.282 e. The number of piperidine rings is 1. The van der Waals surface area contributed by atoms with Gasteiger partial charge in [0.1, 0.15) is 0 Å². The van der Waals surface area contributed by atoms with Crippen LogP contribution in [0.2, 0.25) is 0 Å². The van der Waals surface area contributed by atoms with Gasteiger partial charge < -0.3 is 9.80 Å². The second-order valence-corrected chi connectivity index (χ2v) is 7.85. The zero-order valence-corrected chi connectivity index (χ0v) is 15.5. The first-order valence-corrected chi connectivity index (χ1v) is 10.0. The van der Waals surface area contributed by atoms with Crippen molar-refractivity contribution in [3.05, 3.63) is 45.7 Å². The van der Waals surface area contributed by atoms with Gasteiger partial charge in [0, 0.05) is 61.9 Å². The zero-order chi connectivity index (χ0) is 17.9. The fourth-order valence-corrected chi connectivity index (χ4v) is 4.63. The molecule has 6 nitrogen and oxygen atoms in total. The van der Waals surface area contributed by atoms with E-state index in [9.17, 15) is 9.59 Å². The van der Waals surface area contributed by atoms with Crippen molar-refractivity contribution in [1.82, 2.24) is 19.8 Å². The Bertz CT molecular complexity index is 774. The van der Waals surface area contributed by atoms with Crippen LogP contribution in [0.3, 0.4) is 0 Å². The molecule has 2 aliphatic heterocycles. The van der Waals surface area contributed by atoms with Crippen LogP contribution < -0.4 is 0 Å². The Morgan fingerprint density at radius 3 is 2.35 bits per heavy atom. The zero-order valence-electron chi connectivity index (χ0n) is 14.7. The fraction of sp³-hybridized carbons (Fsp3) is 0.474. The molecular weight excluding hydrogens is 348 g/mol. The highest BCUT2D eigenvalue weighted by Crippen LogP contribution is 2.25. The highest BCUT2D eigenvalue weighted by molar-refractivity contribution is 7.13. The molecule has 0 aliphatic carbocycles. The third-order valence-corrected chi connectivity index (χ3v) is 6.19. The van der Waals surface area contributed by atoms with Gasteiger partial charge in [-0.15, -0.1) is 11.3 Å². The van der Waals surface area contributed by atoms with Gasteiger partial charge in [-0.05, 0) is 31.4 Å². The Hall–Kier alpha value is -2.28. The van der Waals surface area contributed by atoms with Crippen LogP contribution in [0.15, 0.2) is 24.5 Å². The van der Waals surface area contributed by atoms with Crippen molar-refractivity contribution >= 4 is 23.2 Å². The average Bonchev–Trinajstić information content (AvgIpc) is 3.01. The predicted molar refractivity (Wildman–Crippen MR) is 99.4 cm³/mol. The molecule has 1 fully saturated rings. The quantitative estimate of drug-likeness (QED) is 0.814. The second-order valence-electron chi connectivity index (χ2n) is 6.77. The standard InChI is InChI=1S/C19H22N4O2S/c24-18(14-4-8-20-9-5-14)23-12-6-15-16(7-13-23)26-17(21-15)19(25)22-10-2-1-3-11-22/h4-5,8-9H,1-3,6-7,10-13H2. The van der Waals surface area contributed by atoms with Gasteiger partial charge in [0.25, 0.3) is 11.8 Å². The number of nitrogens with zero attached hydrogens (tertiary/aromatic N) is 4. The van der Waals surface area contributed by atoms with E-state index in [0.29, 0.717) is 30.1 Å². The number of pyridine rings is 1. The molecule has 136 valence electrons. The number of fused-ring (bicyclic) bond motifs is 1. The Labute approximate surface area is 156 Å². The molecule has 1 saturated heterocycles. The Kier molecular flexibility index (Phi) is 4.97. The molecule has 26 heavy (non-hydrogen) atoms. The number of hydrogen-bond acceptors (Lipinski definition) is 5. The van der Waals surface area contributed by atoms with Crippen molar-refractivity contribution < 1.29 is 9.59 Å². The molecule has 0 unspecified atom stereocenters. The van der Waals surface area contributed by atoms with Crippen LogP contribution in [-0.4, -0.2) is 57.8 Å². The minimum atomic E-state index is 0.0344. The molecule has 0 N–H and O–H groups in total. The van der Waals surface area contributed by atoms with Crippen LogP contribution >= 0.6 is 11.3 Å². The summed E-state index contributed by atoms with van der Waals surface area (Å²) in [7, 11) is 0.